The van der Waals surface area contributed by atoms with Crippen molar-refractivity contribution >= 4 is 9.84 Å². The van der Waals surface area contributed by atoms with E-state index in [2.05, 4.69) is 34.6 Å². The van der Waals surface area contributed by atoms with Crippen LogP contribution in [0.3, 0.4) is 0 Å². The number of hydrogen-bond acceptors (Lipinski definition) is 2. The Morgan fingerprint density at radius 1 is 0.895 bits per heavy atom. The smallest absolute Gasteiger partial charge is 0.152 e. The molecule has 0 aliphatic carbocycles. The fraction of sp³-hybridized carbons (Fsp3) is 0.867. The van der Waals surface area contributed by atoms with Gasteiger partial charge in [-0.2, -0.15) is 12.8 Å². The van der Waals surface area contributed by atoms with E-state index in [-0.39, 0.29) is 53.3 Å². The molecule has 0 bridgehead atoms. The minimum absolute atomic E-state index is 0. The average Bonchev–Trinajstić information content (AvgIpc) is 2.02. The number of rotatable bonds is 2. The summed E-state index contributed by atoms with van der Waals surface area (Å²) in [6, 6.07) is 0. The molecule has 0 aromatic carbocycles. The fourth-order valence-electron chi connectivity index (χ4n) is 0.496. The zero-order valence-electron chi connectivity index (χ0n) is 12.3. The monoisotopic (exact) mass is 369 g/mol. The Labute approximate surface area is 149 Å². The molecule has 0 aliphatic heterocycles. The topological polar surface area (TPSA) is 34.1 Å². The minimum atomic E-state index is -2.91. The Hall–Kier alpha value is 1.05. The van der Waals surface area contributed by atoms with Crippen molar-refractivity contribution in [3.05, 3.63) is 13.8 Å². The maximum atomic E-state index is 11.2. The normalized spacial score (nSPS) is 10.9. The molecule has 0 aromatic heterocycles. The third-order valence-corrected chi connectivity index (χ3v) is 4.79. The van der Waals surface area contributed by atoms with Crippen molar-refractivity contribution < 1.29 is 41.1 Å². The Kier molecular flexibility index (Phi) is 21.6. The van der Waals surface area contributed by atoms with Crippen molar-refractivity contribution in [3.8, 4) is 0 Å². The second kappa shape index (κ2) is 12.8. The number of hydrogen-bond donors (Lipinski definition) is 0. The van der Waals surface area contributed by atoms with Crippen LogP contribution in [0.1, 0.15) is 69.2 Å². The van der Waals surface area contributed by atoms with Crippen LogP contribution < -0.4 is 0 Å². The molecule has 0 amide bonds. The Bertz CT molecular complexity index is 270. The molecule has 119 valence electrons. The summed E-state index contributed by atoms with van der Waals surface area (Å²) in [7, 11) is -2.91. The maximum absolute atomic E-state index is 11.2. The van der Waals surface area contributed by atoms with E-state index < -0.39 is 14.6 Å². The van der Waals surface area contributed by atoms with Gasteiger partial charge in [-0.1, -0.05) is 41.0 Å². The van der Waals surface area contributed by atoms with E-state index in [9.17, 15) is 8.42 Å². The third kappa shape index (κ3) is 19.1. The predicted molar refractivity (Wildman–Crippen MR) is 86.4 cm³/mol. The minimum Gasteiger partial charge on any atom is -0.343 e. The molecule has 0 aromatic rings. The van der Waals surface area contributed by atoms with E-state index in [1.54, 1.807) is 20.8 Å². The molecule has 19 heavy (non-hydrogen) atoms. The largest absolute Gasteiger partial charge is 0.343 e. The molecular weight excluding hydrogens is 333 g/mol. The van der Waals surface area contributed by atoms with Crippen molar-refractivity contribution in [2.75, 3.05) is 5.75 Å². The molecule has 0 saturated carbocycles. The van der Waals surface area contributed by atoms with Gasteiger partial charge >= 0.3 is 0 Å². The van der Waals surface area contributed by atoms with Gasteiger partial charge in [0.15, 0.2) is 9.84 Å². The summed E-state index contributed by atoms with van der Waals surface area (Å²) in [6.07, 6.45) is 1.48. The molecule has 0 atom stereocenters. The molecular formula is C15H36O2SY-2. The van der Waals surface area contributed by atoms with Crippen LogP contribution in [0.2, 0.25) is 0 Å². The molecule has 0 unspecified atom stereocenters. The van der Waals surface area contributed by atoms with E-state index in [1.807, 2.05) is 0 Å². The summed E-state index contributed by atoms with van der Waals surface area (Å²) in [6.45, 7) is 18.9. The molecule has 1 radical (unpaired) electrons. The zero-order chi connectivity index (χ0) is 13.6. The SMILES string of the molecule is C.C.[CH2-]CC(C)(C)C.[CH2-]CCS(=O)(=O)C(C)(C)C.[Y]. The van der Waals surface area contributed by atoms with Gasteiger partial charge in [0.25, 0.3) is 0 Å². The van der Waals surface area contributed by atoms with Crippen LogP contribution in [0.4, 0.5) is 0 Å². The van der Waals surface area contributed by atoms with Crippen LogP contribution >= 0.6 is 0 Å². The third-order valence-electron chi connectivity index (χ3n) is 2.10. The van der Waals surface area contributed by atoms with Gasteiger partial charge in [-0.05, 0) is 20.8 Å². The first-order chi connectivity index (χ1) is 6.87. The van der Waals surface area contributed by atoms with Crippen molar-refractivity contribution in [2.24, 2.45) is 5.41 Å². The summed E-state index contributed by atoms with van der Waals surface area (Å²) in [4.78, 5) is 0. The van der Waals surface area contributed by atoms with Crippen molar-refractivity contribution in [3.63, 3.8) is 0 Å². The molecule has 0 saturated heterocycles. The Morgan fingerprint density at radius 2 is 1.16 bits per heavy atom. The van der Waals surface area contributed by atoms with Gasteiger partial charge in [0.2, 0.25) is 0 Å². The van der Waals surface area contributed by atoms with Crippen LogP contribution in [0.5, 0.6) is 0 Å². The first-order valence-corrected chi connectivity index (χ1v) is 7.33. The maximum Gasteiger partial charge on any atom is 0.152 e. The van der Waals surface area contributed by atoms with E-state index in [1.165, 1.54) is 0 Å². The fourth-order valence-corrected chi connectivity index (χ4v) is 1.49. The van der Waals surface area contributed by atoms with Crippen molar-refractivity contribution in [2.45, 2.75) is 74.0 Å². The van der Waals surface area contributed by atoms with Crippen molar-refractivity contribution in [1.82, 2.24) is 0 Å². The van der Waals surface area contributed by atoms with Crippen LogP contribution in [-0.4, -0.2) is 18.9 Å². The van der Waals surface area contributed by atoms with Gasteiger partial charge in [-0.25, -0.2) is 8.42 Å². The standard InChI is InChI=1S/C7H15O2S.C6H13.2CH4.Y/c1-5-6-10(8,9)7(2,3)4;1-5-6(2,3)4;;;/h1,5-6H2,2-4H3;1,5H2,2-4H3;2*1H4;/q2*-1;;;. The predicted octanol–water partition coefficient (Wildman–Crippen LogP) is 4.95. The van der Waals surface area contributed by atoms with Gasteiger partial charge in [-0.3, -0.25) is 0 Å². The molecule has 0 heterocycles. The molecule has 0 rings (SSSR count). The molecule has 4 heteroatoms. The second-order valence-electron chi connectivity index (χ2n) is 6.10. The van der Waals surface area contributed by atoms with Crippen LogP contribution in [0.25, 0.3) is 0 Å². The number of sulfone groups is 1. The van der Waals surface area contributed by atoms with E-state index in [4.69, 9.17) is 0 Å². The summed E-state index contributed by atoms with van der Waals surface area (Å²) in [5.41, 5.74) is 0.431. The molecule has 0 fully saturated rings. The van der Waals surface area contributed by atoms with Gasteiger partial charge < -0.3 is 13.8 Å². The van der Waals surface area contributed by atoms with Crippen molar-refractivity contribution in [1.29, 1.82) is 0 Å². The van der Waals surface area contributed by atoms with Gasteiger partial charge in [0.05, 0.1) is 4.75 Å². The summed E-state index contributed by atoms with van der Waals surface area (Å²) in [5.74, 6) is 0.191. The molecule has 0 aliphatic rings. The van der Waals surface area contributed by atoms with Gasteiger partial charge in [-0.15, -0.1) is 0 Å². The molecule has 2 nitrogen and oxygen atoms in total. The first-order valence-electron chi connectivity index (χ1n) is 5.68. The average molecular weight is 369 g/mol. The van der Waals surface area contributed by atoms with Crippen LogP contribution in [0, 0.1) is 19.3 Å². The molecule has 0 spiro atoms. The summed E-state index contributed by atoms with van der Waals surface area (Å²) >= 11 is 0. The second-order valence-corrected chi connectivity index (χ2v) is 8.96. The van der Waals surface area contributed by atoms with E-state index in [0.29, 0.717) is 11.8 Å². The Balaban J connectivity index is -0.0000000646. The van der Waals surface area contributed by atoms with Gasteiger partial charge in [0.1, 0.15) is 0 Å². The molecule has 0 N–H and O–H groups in total. The van der Waals surface area contributed by atoms with E-state index in [0.717, 1.165) is 6.42 Å². The quantitative estimate of drug-likeness (QED) is 0.646. The Morgan fingerprint density at radius 3 is 1.21 bits per heavy atom. The van der Waals surface area contributed by atoms with Crippen LogP contribution in [-0.2, 0) is 42.5 Å². The summed E-state index contributed by atoms with van der Waals surface area (Å²) < 4.78 is 21.8. The summed E-state index contributed by atoms with van der Waals surface area (Å²) in [5, 5.41) is 0. The van der Waals surface area contributed by atoms with Gasteiger partial charge in [0, 0.05) is 38.5 Å². The van der Waals surface area contributed by atoms with E-state index >= 15 is 0 Å². The van der Waals surface area contributed by atoms with Crippen LogP contribution in [0.15, 0.2) is 0 Å². The first kappa shape index (κ1) is 32.1. The zero-order valence-corrected chi connectivity index (χ0v) is 16.0.